The number of hydrogen-bond acceptors (Lipinski definition) is 0. The maximum atomic E-state index is 2.38. The van der Waals surface area contributed by atoms with E-state index in [1.54, 1.807) is 5.57 Å². The van der Waals surface area contributed by atoms with Crippen LogP contribution in [0.3, 0.4) is 0 Å². The highest BCUT2D eigenvalue weighted by molar-refractivity contribution is 5.23. The molecule has 0 aromatic heterocycles. The predicted octanol–water partition coefficient (Wildman–Crippen LogP) is -0.493. The van der Waals surface area contributed by atoms with Gasteiger partial charge in [-0.2, -0.15) is 0 Å². The molecule has 1 atom stereocenters. The number of rotatable bonds is 0. The van der Waals surface area contributed by atoms with Gasteiger partial charge in [-0.05, 0) is 31.3 Å². The number of halogens is 1. The zero-order chi connectivity index (χ0) is 9.43. The van der Waals surface area contributed by atoms with E-state index in [4.69, 9.17) is 0 Å². The van der Waals surface area contributed by atoms with Gasteiger partial charge in [0.1, 0.15) is 6.54 Å². The van der Waals surface area contributed by atoms with Crippen LogP contribution in [-0.4, -0.2) is 30.7 Å². The SMILES string of the molecule is C1=CCC2C[N+]3(CCCCC3)CC2=C1.[Br-]. The van der Waals surface area contributed by atoms with Gasteiger partial charge in [0.15, 0.2) is 0 Å². The van der Waals surface area contributed by atoms with Crippen LogP contribution in [-0.2, 0) is 0 Å². The number of piperidine rings is 1. The Labute approximate surface area is 103 Å². The number of nitrogens with zero attached hydrogens (tertiary/aromatic N) is 1. The second kappa shape index (κ2) is 4.42. The first-order valence-corrected chi connectivity index (χ1v) is 6.09. The van der Waals surface area contributed by atoms with E-state index in [2.05, 4.69) is 18.2 Å². The predicted molar refractivity (Wildman–Crippen MR) is 58.9 cm³/mol. The zero-order valence-electron chi connectivity index (χ0n) is 9.29. The molecule has 15 heavy (non-hydrogen) atoms. The molecular weight excluding hydrogens is 250 g/mol. The maximum Gasteiger partial charge on any atom is 0.101 e. The van der Waals surface area contributed by atoms with Gasteiger partial charge in [-0.1, -0.05) is 18.2 Å². The minimum Gasteiger partial charge on any atom is -1.00 e. The topological polar surface area (TPSA) is 0 Å². The fourth-order valence-electron chi connectivity index (χ4n) is 3.54. The van der Waals surface area contributed by atoms with Gasteiger partial charge in [0, 0.05) is 5.92 Å². The molecule has 1 spiro atoms. The standard InChI is InChI=1S/C13H20N.BrH/c1-4-8-14(9-5-1)10-12-6-2-3-7-13(12)11-14;/h2-3,6,13H,1,4-5,7-11H2;1H/q+1;/p-1. The Morgan fingerprint density at radius 2 is 1.93 bits per heavy atom. The molecule has 0 N–H and O–H groups in total. The second-order valence-electron chi connectivity index (χ2n) is 5.29. The van der Waals surface area contributed by atoms with Crippen molar-refractivity contribution in [1.82, 2.24) is 0 Å². The Hall–Kier alpha value is -0.0800. The Bertz CT molecular complexity index is 287. The van der Waals surface area contributed by atoms with E-state index in [0.717, 1.165) is 5.92 Å². The molecule has 2 aliphatic heterocycles. The molecule has 0 saturated carbocycles. The summed E-state index contributed by atoms with van der Waals surface area (Å²) in [5.41, 5.74) is 1.74. The van der Waals surface area contributed by atoms with E-state index in [9.17, 15) is 0 Å². The summed E-state index contributed by atoms with van der Waals surface area (Å²) in [7, 11) is 0. The Kier molecular flexibility index (Phi) is 3.36. The first kappa shape index (κ1) is 11.4. The van der Waals surface area contributed by atoms with Gasteiger partial charge >= 0.3 is 0 Å². The van der Waals surface area contributed by atoms with E-state index >= 15 is 0 Å². The number of quaternary nitrogens is 1. The molecule has 2 heteroatoms. The van der Waals surface area contributed by atoms with Gasteiger partial charge in [-0.3, -0.25) is 0 Å². The van der Waals surface area contributed by atoms with E-state index < -0.39 is 0 Å². The Morgan fingerprint density at radius 1 is 1.13 bits per heavy atom. The second-order valence-corrected chi connectivity index (χ2v) is 5.29. The summed E-state index contributed by atoms with van der Waals surface area (Å²) in [5, 5.41) is 0. The van der Waals surface area contributed by atoms with E-state index in [1.807, 2.05) is 0 Å². The molecule has 2 fully saturated rings. The van der Waals surface area contributed by atoms with Crippen LogP contribution < -0.4 is 17.0 Å². The zero-order valence-corrected chi connectivity index (χ0v) is 10.9. The summed E-state index contributed by atoms with van der Waals surface area (Å²) >= 11 is 0. The Balaban J connectivity index is 0.000000853. The van der Waals surface area contributed by atoms with Crippen molar-refractivity contribution in [3.05, 3.63) is 23.8 Å². The minimum atomic E-state index is 0. The molecule has 2 heterocycles. The smallest absolute Gasteiger partial charge is 0.101 e. The van der Waals surface area contributed by atoms with Crippen LogP contribution in [0.4, 0.5) is 0 Å². The lowest BCUT2D eigenvalue weighted by molar-refractivity contribution is -0.920. The van der Waals surface area contributed by atoms with Crippen LogP contribution in [0.25, 0.3) is 0 Å². The summed E-state index contributed by atoms with van der Waals surface area (Å²) in [6, 6.07) is 0. The highest BCUT2D eigenvalue weighted by Crippen LogP contribution is 2.36. The summed E-state index contributed by atoms with van der Waals surface area (Å²) in [6.07, 6.45) is 12.7. The summed E-state index contributed by atoms with van der Waals surface area (Å²) < 4.78 is 1.43. The highest BCUT2D eigenvalue weighted by atomic mass is 79.9. The normalized spacial score (nSPS) is 32.0. The van der Waals surface area contributed by atoms with Gasteiger partial charge in [-0.25, -0.2) is 0 Å². The molecule has 0 aromatic carbocycles. The maximum absolute atomic E-state index is 2.38. The van der Waals surface area contributed by atoms with Crippen LogP contribution in [0.2, 0.25) is 0 Å². The average molecular weight is 270 g/mol. The molecular formula is C13H20BrN. The first-order chi connectivity index (χ1) is 6.88. The van der Waals surface area contributed by atoms with E-state index in [-0.39, 0.29) is 17.0 Å². The van der Waals surface area contributed by atoms with Crippen LogP contribution in [0.15, 0.2) is 23.8 Å². The van der Waals surface area contributed by atoms with Crippen LogP contribution >= 0.6 is 0 Å². The third-order valence-corrected chi connectivity index (χ3v) is 4.28. The number of hydrogen-bond donors (Lipinski definition) is 0. The monoisotopic (exact) mass is 269 g/mol. The molecule has 0 bridgehead atoms. The first-order valence-electron chi connectivity index (χ1n) is 6.09. The molecule has 0 amide bonds. The van der Waals surface area contributed by atoms with Gasteiger partial charge in [0.05, 0.1) is 19.6 Å². The van der Waals surface area contributed by atoms with Crippen molar-refractivity contribution >= 4 is 0 Å². The van der Waals surface area contributed by atoms with Crippen LogP contribution in [0, 0.1) is 5.92 Å². The number of fused-ring (bicyclic) bond motifs is 1. The van der Waals surface area contributed by atoms with Crippen molar-refractivity contribution < 1.29 is 21.5 Å². The highest BCUT2D eigenvalue weighted by Gasteiger charge is 2.41. The van der Waals surface area contributed by atoms with Gasteiger partial charge < -0.3 is 21.5 Å². The summed E-state index contributed by atoms with van der Waals surface area (Å²) in [4.78, 5) is 0. The molecule has 3 rings (SSSR count). The van der Waals surface area contributed by atoms with Crippen molar-refractivity contribution in [2.24, 2.45) is 5.92 Å². The quantitative estimate of drug-likeness (QED) is 0.521. The largest absolute Gasteiger partial charge is 1.00 e. The minimum absolute atomic E-state index is 0. The van der Waals surface area contributed by atoms with E-state index in [1.165, 1.54) is 56.3 Å². The summed E-state index contributed by atoms with van der Waals surface area (Å²) in [6.45, 7) is 5.72. The van der Waals surface area contributed by atoms with Crippen LogP contribution in [0.5, 0.6) is 0 Å². The molecule has 0 radical (unpaired) electrons. The molecule has 1 aliphatic carbocycles. The van der Waals surface area contributed by atoms with Crippen molar-refractivity contribution in [2.75, 3.05) is 26.2 Å². The number of allylic oxidation sites excluding steroid dienone is 3. The summed E-state index contributed by atoms with van der Waals surface area (Å²) in [5.74, 6) is 0.901. The molecule has 1 unspecified atom stereocenters. The third-order valence-electron chi connectivity index (χ3n) is 4.28. The fraction of sp³-hybridized carbons (Fsp3) is 0.692. The molecule has 1 nitrogen and oxygen atoms in total. The van der Waals surface area contributed by atoms with Crippen LogP contribution in [0.1, 0.15) is 25.7 Å². The molecule has 84 valence electrons. The van der Waals surface area contributed by atoms with Gasteiger partial charge in [0.25, 0.3) is 0 Å². The van der Waals surface area contributed by atoms with Crippen molar-refractivity contribution in [3.63, 3.8) is 0 Å². The fourth-order valence-corrected chi connectivity index (χ4v) is 3.54. The molecule has 3 aliphatic rings. The van der Waals surface area contributed by atoms with Crippen molar-refractivity contribution in [1.29, 1.82) is 0 Å². The van der Waals surface area contributed by atoms with Crippen molar-refractivity contribution in [2.45, 2.75) is 25.7 Å². The van der Waals surface area contributed by atoms with Crippen molar-refractivity contribution in [3.8, 4) is 0 Å². The molecule has 2 saturated heterocycles. The Morgan fingerprint density at radius 3 is 2.67 bits per heavy atom. The molecule has 0 aromatic rings. The average Bonchev–Trinajstić information content (AvgIpc) is 2.56. The van der Waals surface area contributed by atoms with Gasteiger partial charge in [-0.15, -0.1) is 0 Å². The lowest BCUT2D eigenvalue weighted by Gasteiger charge is -2.37. The van der Waals surface area contributed by atoms with Gasteiger partial charge in [0.2, 0.25) is 0 Å². The van der Waals surface area contributed by atoms with E-state index in [0.29, 0.717) is 0 Å². The lowest BCUT2D eigenvalue weighted by Crippen LogP contribution is -3.00. The lowest BCUT2D eigenvalue weighted by atomic mass is 9.95. The third kappa shape index (κ3) is 2.07.